The van der Waals surface area contributed by atoms with Gasteiger partial charge in [-0.25, -0.2) is 4.79 Å². The highest BCUT2D eigenvalue weighted by Gasteiger charge is 2.30. The zero-order valence-electron chi connectivity index (χ0n) is 14.9. The molecule has 7 nitrogen and oxygen atoms in total. The fourth-order valence-corrected chi connectivity index (χ4v) is 2.71. The van der Waals surface area contributed by atoms with Crippen LogP contribution in [0.1, 0.15) is 21.5 Å². The Kier molecular flexibility index (Phi) is 5.71. The van der Waals surface area contributed by atoms with Crippen LogP contribution in [0.25, 0.3) is 0 Å². The van der Waals surface area contributed by atoms with Crippen LogP contribution in [-0.2, 0) is 27.3 Å². The number of hydrogen-bond acceptors (Lipinski definition) is 5. The van der Waals surface area contributed by atoms with Gasteiger partial charge < -0.3 is 20.1 Å². The summed E-state index contributed by atoms with van der Waals surface area (Å²) in [6.45, 7) is 0.241. The van der Waals surface area contributed by atoms with Gasteiger partial charge in [-0.15, -0.1) is 0 Å². The summed E-state index contributed by atoms with van der Waals surface area (Å²) in [6, 6.07) is 14.2. The number of rotatable bonds is 6. The molecule has 140 valence electrons. The lowest BCUT2D eigenvalue weighted by Gasteiger charge is -2.23. The van der Waals surface area contributed by atoms with Gasteiger partial charge in [-0.2, -0.15) is 0 Å². The van der Waals surface area contributed by atoms with Crippen molar-refractivity contribution in [1.82, 2.24) is 10.6 Å². The summed E-state index contributed by atoms with van der Waals surface area (Å²) in [7, 11) is 1.54. The molecule has 0 radical (unpaired) electrons. The van der Waals surface area contributed by atoms with Crippen LogP contribution in [0.15, 0.2) is 48.5 Å². The van der Waals surface area contributed by atoms with E-state index in [0.29, 0.717) is 24.3 Å². The molecule has 2 aromatic carbocycles. The Morgan fingerprint density at radius 3 is 2.63 bits per heavy atom. The second-order valence-corrected chi connectivity index (χ2v) is 6.08. The van der Waals surface area contributed by atoms with Gasteiger partial charge in [0.25, 0.3) is 11.8 Å². The number of amides is 2. The monoisotopic (exact) mass is 368 g/mol. The summed E-state index contributed by atoms with van der Waals surface area (Å²) in [6.07, 6.45) is -0.470. The molecule has 0 fully saturated rings. The highest BCUT2D eigenvalue weighted by molar-refractivity contribution is 5.95. The molecular formula is C20H20N2O5. The molecule has 1 unspecified atom stereocenters. The van der Waals surface area contributed by atoms with Crippen LogP contribution in [0.4, 0.5) is 0 Å². The number of carbonyl (C=O) groups excluding carboxylic acids is 3. The van der Waals surface area contributed by atoms with Crippen LogP contribution < -0.4 is 15.4 Å². The van der Waals surface area contributed by atoms with Gasteiger partial charge in [0.15, 0.2) is 12.7 Å². The first-order valence-corrected chi connectivity index (χ1v) is 8.55. The molecule has 0 aliphatic carbocycles. The third kappa shape index (κ3) is 4.63. The SMILES string of the molecule is CNC(=O)COc1ccc(CNC(=O)C2Cc3ccccc3C(=O)O2)cc1. The first-order chi connectivity index (χ1) is 13.1. The van der Waals surface area contributed by atoms with Crippen molar-refractivity contribution in [1.29, 1.82) is 0 Å². The van der Waals surface area contributed by atoms with Crippen LogP contribution in [-0.4, -0.2) is 37.5 Å². The normalized spacial score (nSPS) is 15.3. The maximum Gasteiger partial charge on any atom is 0.339 e. The summed E-state index contributed by atoms with van der Waals surface area (Å²) in [5.41, 5.74) is 2.18. The van der Waals surface area contributed by atoms with Gasteiger partial charge in [0.05, 0.1) is 5.56 Å². The van der Waals surface area contributed by atoms with Crippen molar-refractivity contribution in [3.05, 3.63) is 65.2 Å². The number of nitrogens with one attached hydrogen (secondary N) is 2. The lowest BCUT2D eigenvalue weighted by molar-refractivity contribution is -0.130. The van der Waals surface area contributed by atoms with Crippen molar-refractivity contribution in [3.63, 3.8) is 0 Å². The number of hydrogen-bond donors (Lipinski definition) is 2. The molecule has 3 rings (SSSR count). The molecule has 7 heteroatoms. The maximum atomic E-state index is 12.3. The smallest absolute Gasteiger partial charge is 0.339 e. The number of likely N-dealkylation sites (N-methyl/N-ethyl adjacent to an activating group) is 1. The van der Waals surface area contributed by atoms with Gasteiger partial charge in [0.1, 0.15) is 5.75 Å². The third-order valence-corrected chi connectivity index (χ3v) is 4.22. The number of esters is 1. The quantitative estimate of drug-likeness (QED) is 0.748. The Balaban J connectivity index is 1.52. The van der Waals surface area contributed by atoms with Gasteiger partial charge in [-0.05, 0) is 29.3 Å². The molecule has 1 atom stereocenters. The second-order valence-electron chi connectivity index (χ2n) is 6.08. The predicted octanol–water partition coefficient (Wildman–Crippen LogP) is 1.21. The average Bonchev–Trinajstić information content (AvgIpc) is 2.70. The summed E-state index contributed by atoms with van der Waals surface area (Å²) < 4.78 is 10.6. The van der Waals surface area contributed by atoms with Gasteiger partial charge in [-0.3, -0.25) is 9.59 Å². The van der Waals surface area contributed by atoms with Crippen LogP contribution in [0.3, 0.4) is 0 Å². The maximum absolute atomic E-state index is 12.3. The molecule has 0 saturated heterocycles. The number of ether oxygens (including phenoxy) is 2. The summed E-state index contributed by atoms with van der Waals surface area (Å²) in [5, 5.41) is 5.25. The summed E-state index contributed by atoms with van der Waals surface area (Å²) in [5.74, 6) is -0.464. The van der Waals surface area contributed by atoms with E-state index in [1.807, 2.05) is 12.1 Å². The van der Waals surface area contributed by atoms with Gasteiger partial charge in [0.2, 0.25) is 0 Å². The molecule has 27 heavy (non-hydrogen) atoms. The van der Waals surface area contributed by atoms with Crippen molar-refractivity contribution in [2.24, 2.45) is 0 Å². The van der Waals surface area contributed by atoms with E-state index < -0.39 is 12.1 Å². The zero-order chi connectivity index (χ0) is 19.2. The molecule has 0 saturated carbocycles. The fraction of sp³-hybridized carbons (Fsp3) is 0.250. The van der Waals surface area contributed by atoms with E-state index in [1.165, 1.54) is 0 Å². The Labute approximate surface area is 156 Å². The minimum Gasteiger partial charge on any atom is -0.484 e. The lowest BCUT2D eigenvalue weighted by atomic mass is 9.98. The van der Waals surface area contributed by atoms with E-state index in [-0.39, 0.29) is 18.4 Å². The highest BCUT2D eigenvalue weighted by atomic mass is 16.5. The number of cyclic esters (lactones) is 1. The van der Waals surface area contributed by atoms with E-state index >= 15 is 0 Å². The summed E-state index contributed by atoms with van der Waals surface area (Å²) in [4.78, 5) is 35.5. The first kappa shape index (κ1) is 18.4. The van der Waals surface area contributed by atoms with Crippen molar-refractivity contribution in [2.75, 3.05) is 13.7 Å². The van der Waals surface area contributed by atoms with E-state index in [9.17, 15) is 14.4 Å². The molecule has 0 bridgehead atoms. The molecule has 2 N–H and O–H groups in total. The topological polar surface area (TPSA) is 93.7 Å². The minimum absolute atomic E-state index is 0.0545. The minimum atomic E-state index is -0.831. The Morgan fingerprint density at radius 2 is 1.89 bits per heavy atom. The van der Waals surface area contributed by atoms with E-state index in [0.717, 1.165) is 11.1 Å². The fourth-order valence-electron chi connectivity index (χ4n) is 2.71. The van der Waals surface area contributed by atoms with Crippen molar-refractivity contribution < 1.29 is 23.9 Å². The highest BCUT2D eigenvalue weighted by Crippen LogP contribution is 2.20. The van der Waals surface area contributed by atoms with E-state index in [2.05, 4.69) is 10.6 Å². The van der Waals surface area contributed by atoms with Gasteiger partial charge in [-0.1, -0.05) is 30.3 Å². The largest absolute Gasteiger partial charge is 0.484 e. The second kappa shape index (κ2) is 8.35. The average molecular weight is 368 g/mol. The molecule has 2 amide bonds. The molecule has 0 spiro atoms. The predicted molar refractivity (Wildman–Crippen MR) is 97.2 cm³/mol. The number of carbonyl (C=O) groups is 3. The Morgan fingerprint density at radius 1 is 1.15 bits per heavy atom. The summed E-state index contributed by atoms with van der Waals surface area (Å²) >= 11 is 0. The third-order valence-electron chi connectivity index (χ3n) is 4.22. The van der Waals surface area contributed by atoms with E-state index in [1.54, 1.807) is 43.4 Å². The van der Waals surface area contributed by atoms with Crippen LogP contribution in [0.5, 0.6) is 5.75 Å². The van der Waals surface area contributed by atoms with Crippen molar-refractivity contribution in [3.8, 4) is 5.75 Å². The molecule has 0 aromatic heterocycles. The molecule has 1 aliphatic rings. The van der Waals surface area contributed by atoms with Gasteiger partial charge >= 0.3 is 5.97 Å². The lowest BCUT2D eigenvalue weighted by Crippen LogP contribution is -2.41. The Hall–Kier alpha value is -3.35. The van der Waals surface area contributed by atoms with Crippen molar-refractivity contribution >= 4 is 17.8 Å². The van der Waals surface area contributed by atoms with Gasteiger partial charge in [0, 0.05) is 20.0 Å². The van der Waals surface area contributed by atoms with Crippen LogP contribution >= 0.6 is 0 Å². The van der Waals surface area contributed by atoms with E-state index in [4.69, 9.17) is 9.47 Å². The molecule has 1 aliphatic heterocycles. The van der Waals surface area contributed by atoms with Crippen LogP contribution in [0, 0.1) is 0 Å². The molecular weight excluding hydrogens is 348 g/mol. The zero-order valence-corrected chi connectivity index (χ0v) is 14.9. The number of benzene rings is 2. The first-order valence-electron chi connectivity index (χ1n) is 8.55. The Bertz CT molecular complexity index is 848. The standard InChI is InChI=1S/C20H20N2O5/c1-21-18(23)12-26-15-8-6-13(7-9-15)11-22-19(24)17-10-14-4-2-3-5-16(14)20(25)27-17/h2-9,17H,10-12H2,1H3,(H,21,23)(H,22,24). The number of fused-ring (bicyclic) bond motifs is 1. The molecule has 1 heterocycles. The van der Waals surface area contributed by atoms with Crippen LogP contribution in [0.2, 0.25) is 0 Å². The molecule has 2 aromatic rings. The van der Waals surface area contributed by atoms with Crippen molar-refractivity contribution in [2.45, 2.75) is 19.1 Å².